The van der Waals surface area contributed by atoms with E-state index in [1.165, 1.54) is 6.07 Å². The van der Waals surface area contributed by atoms with Crippen LogP contribution in [0.4, 0.5) is 4.39 Å². The van der Waals surface area contributed by atoms with Gasteiger partial charge in [0.15, 0.2) is 0 Å². The fraction of sp³-hybridized carbons (Fsp3) is 0.400. The Morgan fingerprint density at radius 3 is 2.43 bits per heavy atom. The van der Waals surface area contributed by atoms with Crippen molar-refractivity contribution in [1.29, 1.82) is 0 Å². The first-order chi connectivity index (χ1) is 6.67. The van der Waals surface area contributed by atoms with Crippen molar-refractivity contribution >= 4 is 43.5 Å². The molecule has 0 radical (unpaired) electrons. The van der Waals surface area contributed by atoms with Gasteiger partial charge in [0.2, 0.25) is 0 Å². The standard InChI is InChI=1S/C10H10Br2ClF/c11-5-7(6-12)3-8-1-2-9(13)4-10(8)14/h1-2,4,7H,3,5-6H2. The molecule has 0 bridgehead atoms. The Hall–Kier alpha value is 0.400. The van der Waals surface area contributed by atoms with Crippen LogP contribution in [0.15, 0.2) is 18.2 Å². The van der Waals surface area contributed by atoms with Gasteiger partial charge in [-0.15, -0.1) is 0 Å². The zero-order chi connectivity index (χ0) is 10.6. The zero-order valence-corrected chi connectivity index (χ0v) is 11.4. The molecule has 0 amide bonds. The van der Waals surface area contributed by atoms with Gasteiger partial charge in [-0.25, -0.2) is 4.39 Å². The minimum atomic E-state index is -0.218. The molecule has 0 aliphatic rings. The van der Waals surface area contributed by atoms with Crippen LogP contribution >= 0.6 is 43.5 Å². The van der Waals surface area contributed by atoms with Gasteiger partial charge in [0, 0.05) is 15.7 Å². The lowest BCUT2D eigenvalue weighted by Crippen LogP contribution is -2.08. The Balaban J connectivity index is 2.76. The SMILES string of the molecule is Fc1cc(Cl)ccc1CC(CBr)CBr. The Morgan fingerprint density at radius 1 is 1.29 bits per heavy atom. The van der Waals surface area contributed by atoms with E-state index in [0.29, 0.717) is 10.9 Å². The minimum Gasteiger partial charge on any atom is -0.207 e. The predicted molar refractivity (Wildman–Crippen MR) is 66.2 cm³/mol. The third-order valence-electron chi connectivity index (χ3n) is 1.96. The maximum Gasteiger partial charge on any atom is 0.127 e. The second kappa shape index (κ2) is 6.09. The first-order valence-corrected chi connectivity index (χ1v) is 6.85. The number of rotatable bonds is 4. The van der Waals surface area contributed by atoms with Crippen molar-refractivity contribution in [3.63, 3.8) is 0 Å². The van der Waals surface area contributed by atoms with Crippen LogP contribution in [0.5, 0.6) is 0 Å². The summed E-state index contributed by atoms with van der Waals surface area (Å²) in [6, 6.07) is 4.83. The molecule has 1 aromatic rings. The molecule has 0 saturated carbocycles. The van der Waals surface area contributed by atoms with E-state index in [-0.39, 0.29) is 5.82 Å². The third kappa shape index (κ3) is 3.52. The second-order valence-corrected chi connectivity index (χ2v) is 4.85. The van der Waals surface area contributed by atoms with E-state index in [4.69, 9.17) is 11.6 Å². The topological polar surface area (TPSA) is 0 Å². The lowest BCUT2D eigenvalue weighted by Gasteiger charge is -2.10. The van der Waals surface area contributed by atoms with Gasteiger partial charge in [-0.2, -0.15) is 0 Å². The van der Waals surface area contributed by atoms with Crippen molar-refractivity contribution in [2.24, 2.45) is 5.92 Å². The van der Waals surface area contributed by atoms with E-state index in [1.807, 2.05) is 0 Å². The normalized spacial score (nSPS) is 10.9. The van der Waals surface area contributed by atoms with Crippen molar-refractivity contribution in [1.82, 2.24) is 0 Å². The third-order valence-corrected chi connectivity index (χ3v) is 4.03. The van der Waals surface area contributed by atoms with E-state index in [0.717, 1.165) is 22.6 Å². The molecular formula is C10H10Br2ClF. The summed E-state index contributed by atoms with van der Waals surface area (Å²) in [5, 5.41) is 2.17. The largest absolute Gasteiger partial charge is 0.207 e. The van der Waals surface area contributed by atoms with Crippen LogP contribution in [-0.4, -0.2) is 10.7 Å². The molecule has 0 spiro atoms. The molecule has 1 rings (SSSR count). The molecule has 0 aromatic heterocycles. The monoisotopic (exact) mass is 342 g/mol. The summed E-state index contributed by atoms with van der Waals surface area (Å²) in [6.07, 6.45) is 0.722. The Bertz CT molecular complexity index is 300. The highest BCUT2D eigenvalue weighted by Gasteiger charge is 2.10. The number of hydrogen-bond donors (Lipinski definition) is 0. The highest BCUT2D eigenvalue weighted by atomic mass is 79.9. The lowest BCUT2D eigenvalue weighted by atomic mass is 10.0. The quantitative estimate of drug-likeness (QED) is 0.709. The molecule has 0 aliphatic carbocycles. The van der Waals surface area contributed by atoms with Crippen LogP contribution in [-0.2, 0) is 6.42 Å². The molecule has 14 heavy (non-hydrogen) atoms. The second-order valence-electron chi connectivity index (χ2n) is 3.11. The molecule has 0 heterocycles. The summed E-state index contributed by atoms with van der Waals surface area (Å²) in [4.78, 5) is 0. The van der Waals surface area contributed by atoms with Gasteiger partial charge in [-0.1, -0.05) is 49.5 Å². The van der Waals surface area contributed by atoms with Crippen molar-refractivity contribution in [3.8, 4) is 0 Å². The fourth-order valence-corrected chi connectivity index (χ4v) is 2.84. The first kappa shape index (κ1) is 12.5. The molecule has 0 aliphatic heterocycles. The Kier molecular flexibility index (Phi) is 5.42. The molecular weight excluding hydrogens is 334 g/mol. The summed E-state index contributed by atoms with van der Waals surface area (Å²) in [7, 11) is 0. The highest BCUT2D eigenvalue weighted by molar-refractivity contribution is 9.09. The van der Waals surface area contributed by atoms with E-state index >= 15 is 0 Å². The van der Waals surface area contributed by atoms with Gasteiger partial charge in [0.1, 0.15) is 5.82 Å². The molecule has 0 fully saturated rings. The number of hydrogen-bond acceptors (Lipinski definition) is 0. The molecule has 0 unspecified atom stereocenters. The Labute approximate surface area is 105 Å². The van der Waals surface area contributed by atoms with Crippen molar-refractivity contribution in [2.45, 2.75) is 6.42 Å². The summed E-state index contributed by atoms with van der Waals surface area (Å²) < 4.78 is 13.4. The average molecular weight is 344 g/mol. The van der Waals surface area contributed by atoms with Crippen LogP contribution in [0, 0.1) is 11.7 Å². The van der Waals surface area contributed by atoms with Crippen LogP contribution in [0.3, 0.4) is 0 Å². The first-order valence-electron chi connectivity index (χ1n) is 4.23. The van der Waals surface area contributed by atoms with E-state index in [2.05, 4.69) is 31.9 Å². The van der Waals surface area contributed by atoms with Gasteiger partial charge in [-0.05, 0) is 30.0 Å². The number of alkyl halides is 2. The van der Waals surface area contributed by atoms with Gasteiger partial charge in [-0.3, -0.25) is 0 Å². The Morgan fingerprint density at radius 2 is 1.93 bits per heavy atom. The maximum absolute atomic E-state index is 13.4. The van der Waals surface area contributed by atoms with Crippen molar-refractivity contribution < 1.29 is 4.39 Å². The molecule has 0 saturated heterocycles. The van der Waals surface area contributed by atoms with Crippen LogP contribution in [0.2, 0.25) is 5.02 Å². The highest BCUT2D eigenvalue weighted by Crippen LogP contribution is 2.19. The molecule has 78 valence electrons. The molecule has 1 aromatic carbocycles. The van der Waals surface area contributed by atoms with Crippen LogP contribution in [0.1, 0.15) is 5.56 Å². The van der Waals surface area contributed by atoms with Gasteiger partial charge < -0.3 is 0 Å². The smallest absolute Gasteiger partial charge is 0.127 e. The van der Waals surface area contributed by atoms with E-state index < -0.39 is 0 Å². The van der Waals surface area contributed by atoms with Gasteiger partial charge in [0.25, 0.3) is 0 Å². The van der Waals surface area contributed by atoms with Crippen LogP contribution in [0.25, 0.3) is 0 Å². The molecule has 0 N–H and O–H groups in total. The molecule has 4 heteroatoms. The van der Waals surface area contributed by atoms with E-state index in [1.54, 1.807) is 12.1 Å². The molecule has 0 atom stereocenters. The average Bonchev–Trinajstić information content (AvgIpc) is 2.17. The van der Waals surface area contributed by atoms with Gasteiger partial charge in [0.05, 0.1) is 0 Å². The predicted octanol–water partition coefficient (Wildman–Crippen LogP) is 4.43. The fourth-order valence-electron chi connectivity index (χ4n) is 1.15. The van der Waals surface area contributed by atoms with Crippen molar-refractivity contribution in [2.75, 3.05) is 10.7 Å². The summed E-state index contributed by atoms with van der Waals surface area (Å²) in [6.45, 7) is 0. The summed E-state index contributed by atoms with van der Waals surface area (Å²) in [5.41, 5.74) is 0.721. The van der Waals surface area contributed by atoms with Crippen molar-refractivity contribution in [3.05, 3.63) is 34.6 Å². The summed E-state index contributed by atoms with van der Waals surface area (Å²) in [5.74, 6) is 0.190. The minimum absolute atomic E-state index is 0.218. The lowest BCUT2D eigenvalue weighted by molar-refractivity contribution is 0.583. The number of halogens is 4. The molecule has 0 nitrogen and oxygen atoms in total. The van der Waals surface area contributed by atoms with Gasteiger partial charge >= 0.3 is 0 Å². The number of benzene rings is 1. The van der Waals surface area contributed by atoms with E-state index in [9.17, 15) is 4.39 Å². The maximum atomic E-state index is 13.4. The zero-order valence-electron chi connectivity index (χ0n) is 7.44. The summed E-state index contributed by atoms with van der Waals surface area (Å²) >= 11 is 12.5. The van der Waals surface area contributed by atoms with Crippen LogP contribution < -0.4 is 0 Å².